The minimum Gasteiger partial charge on any atom is -0.382 e. The minimum absolute atomic E-state index is 0.363. The molecular weight excluding hydrogens is 381 g/mol. The summed E-state index contributed by atoms with van der Waals surface area (Å²) in [6.07, 6.45) is 2.50. The molecule has 136 valence electrons. The maximum atomic E-state index is 10.8. The van der Waals surface area contributed by atoms with Gasteiger partial charge in [-0.05, 0) is 29.7 Å². The van der Waals surface area contributed by atoms with Crippen molar-refractivity contribution in [2.45, 2.75) is 13.0 Å². The zero-order valence-corrected chi connectivity index (χ0v) is 16.3. The summed E-state index contributed by atoms with van der Waals surface area (Å²) in [4.78, 5) is 8.66. The summed E-state index contributed by atoms with van der Waals surface area (Å²) in [5.41, 5.74) is 4.65. The van der Waals surface area contributed by atoms with Gasteiger partial charge in [-0.15, -0.1) is 0 Å². The van der Waals surface area contributed by atoms with E-state index in [-0.39, 0.29) is 0 Å². The lowest BCUT2D eigenvalue weighted by Gasteiger charge is -2.16. The van der Waals surface area contributed by atoms with E-state index in [1.54, 1.807) is 17.1 Å². The summed E-state index contributed by atoms with van der Waals surface area (Å²) in [7, 11) is 1.85. The summed E-state index contributed by atoms with van der Waals surface area (Å²) in [6.45, 7) is 1.93. The molecule has 0 aliphatic heterocycles. The van der Waals surface area contributed by atoms with E-state index in [4.69, 9.17) is 23.2 Å². The van der Waals surface area contributed by atoms with Gasteiger partial charge in [-0.1, -0.05) is 59.6 Å². The van der Waals surface area contributed by atoms with Crippen LogP contribution in [0.15, 0.2) is 55.0 Å². The molecule has 0 fully saturated rings. The van der Waals surface area contributed by atoms with E-state index in [9.17, 15) is 5.11 Å². The van der Waals surface area contributed by atoms with Gasteiger partial charge in [0.15, 0.2) is 0 Å². The predicted molar refractivity (Wildman–Crippen MR) is 109 cm³/mol. The molecule has 1 N–H and O–H groups in total. The Labute approximate surface area is 167 Å². The van der Waals surface area contributed by atoms with Crippen LogP contribution in [0.25, 0.3) is 22.0 Å². The molecule has 6 heteroatoms. The molecule has 4 aromatic rings. The van der Waals surface area contributed by atoms with E-state index in [2.05, 4.69) is 9.97 Å². The third-order valence-electron chi connectivity index (χ3n) is 4.71. The summed E-state index contributed by atoms with van der Waals surface area (Å²) in [5, 5.41) is 12.5. The Bertz CT molecular complexity index is 1140. The van der Waals surface area contributed by atoms with Crippen molar-refractivity contribution in [2.24, 2.45) is 7.05 Å². The van der Waals surface area contributed by atoms with Crippen LogP contribution < -0.4 is 0 Å². The third-order valence-corrected chi connectivity index (χ3v) is 5.37. The van der Waals surface area contributed by atoms with Gasteiger partial charge in [-0.25, -0.2) is 9.97 Å². The van der Waals surface area contributed by atoms with Crippen LogP contribution in [0.5, 0.6) is 0 Å². The standard InChI is InChI=1S/C21H17Cl2N3O/c1-12-8-14(20(27)16-10-24-11-26(16)2)9-15-18(22)17(21(23)25-19(12)15)13-6-4-3-5-7-13/h3-11,20,27H,1-2H3. The Morgan fingerprint density at radius 2 is 1.85 bits per heavy atom. The van der Waals surface area contributed by atoms with Crippen molar-refractivity contribution in [1.82, 2.24) is 14.5 Å². The lowest BCUT2D eigenvalue weighted by Crippen LogP contribution is -2.06. The molecule has 1 unspecified atom stereocenters. The number of fused-ring (bicyclic) bond motifs is 1. The number of halogens is 2. The van der Waals surface area contributed by atoms with Gasteiger partial charge in [0.05, 0.1) is 28.8 Å². The summed E-state index contributed by atoms with van der Waals surface area (Å²) >= 11 is 13.2. The molecule has 0 aliphatic rings. The second kappa shape index (κ2) is 6.97. The molecule has 0 saturated carbocycles. The SMILES string of the molecule is Cc1cc(C(O)c2cncn2C)cc2c(Cl)c(-c3ccccc3)c(Cl)nc12. The average molecular weight is 398 g/mol. The number of aliphatic hydroxyl groups is 1. The first-order chi connectivity index (χ1) is 13.0. The smallest absolute Gasteiger partial charge is 0.139 e. The third kappa shape index (κ3) is 3.10. The fraction of sp³-hybridized carbons (Fsp3) is 0.143. The van der Waals surface area contributed by atoms with Gasteiger partial charge in [0.1, 0.15) is 11.3 Å². The number of pyridine rings is 1. The Hall–Kier alpha value is -2.40. The molecule has 2 aromatic heterocycles. The predicted octanol–water partition coefficient (Wildman–Crippen LogP) is 5.33. The number of benzene rings is 2. The van der Waals surface area contributed by atoms with E-state index in [0.29, 0.717) is 21.4 Å². The second-order valence-corrected chi connectivity index (χ2v) is 7.26. The van der Waals surface area contributed by atoms with Crippen LogP contribution in [0, 0.1) is 6.92 Å². The van der Waals surface area contributed by atoms with Gasteiger partial charge >= 0.3 is 0 Å². The zero-order chi connectivity index (χ0) is 19.1. The largest absolute Gasteiger partial charge is 0.382 e. The Balaban J connectivity index is 1.95. The van der Waals surface area contributed by atoms with Crippen molar-refractivity contribution < 1.29 is 5.11 Å². The number of nitrogens with zero attached hydrogens (tertiary/aromatic N) is 3. The molecule has 0 saturated heterocycles. The van der Waals surface area contributed by atoms with Crippen LogP contribution in [0.3, 0.4) is 0 Å². The summed E-state index contributed by atoms with van der Waals surface area (Å²) < 4.78 is 1.79. The number of aryl methyl sites for hydroxylation is 2. The molecule has 0 amide bonds. The molecule has 0 bridgehead atoms. The first-order valence-corrected chi connectivity index (χ1v) is 9.22. The Morgan fingerprint density at radius 1 is 1.11 bits per heavy atom. The number of rotatable bonds is 3. The molecule has 0 radical (unpaired) electrons. The second-order valence-electron chi connectivity index (χ2n) is 6.52. The number of aromatic nitrogens is 3. The highest BCUT2D eigenvalue weighted by Gasteiger charge is 2.20. The average Bonchev–Trinajstić information content (AvgIpc) is 3.09. The highest BCUT2D eigenvalue weighted by molar-refractivity contribution is 6.42. The quantitative estimate of drug-likeness (QED) is 0.475. The maximum Gasteiger partial charge on any atom is 0.139 e. The lowest BCUT2D eigenvalue weighted by molar-refractivity contribution is 0.211. The van der Waals surface area contributed by atoms with Gasteiger partial charge < -0.3 is 9.67 Å². The van der Waals surface area contributed by atoms with Gasteiger partial charge in [0.25, 0.3) is 0 Å². The topological polar surface area (TPSA) is 50.9 Å². The van der Waals surface area contributed by atoms with Crippen molar-refractivity contribution in [3.63, 3.8) is 0 Å². The maximum absolute atomic E-state index is 10.8. The Morgan fingerprint density at radius 3 is 2.52 bits per heavy atom. The highest BCUT2D eigenvalue weighted by atomic mass is 35.5. The van der Waals surface area contributed by atoms with Crippen LogP contribution in [-0.4, -0.2) is 19.6 Å². The lowest BCUT2D eigenvalue weighted by atomic mass is 9.98. The van der Waals surface area contributed by atoms with Gasteiger partial charge in [-0.2, -0.15) is 0 Å². The molecule has 2 heterocycles. The molecule has 1 atom stereocenters. The van der Waals surface area contributed by atoms with Crippen molar-refractivity contribution >= 4 is 34.1 Å². The van der Waals surface area contributed by atoms with E-state index >= 15 is 0 Å². The Kier molecular flexibility index (Phi) is 4.64. The number of aliphatic hydroxyl groups excluding tert-OH is 1. The fourth-order valence-corrected chi connectivity index (χ4v) is 3.99. The first-order valence-electron chi connectivity index (χ1n) is 8.46. The normalized spacial score (nSPS) is 12.5. The molecule has 27 heavy (non-hydrogen) atoms. The van der Waals surface area contributed by atoms with Crippen LogP contribution >= 0.6 is 23.2 Å². The monoisotopic (exact) mass is 397 g/mol. The van der Waals surface area contributed by atoms with E-state index < -0.39 is 6.10 Å². The first kappa shape index (κ1) is 18.0. The molecular formula is C21H17Cl2N3O. The van der Waals surface area contributed by atoms with Crippen molar-refractivity contribution in [3.05, 3.63) is 82.0 Å². The molecule has 2 aromatic carbocycles. The highest BCUT2D eigenvalue weighted by Crippen LogP contribution is 2.40. The van der Waals surface area contributed by atoms with Crippen LogP contribution in [0.1, 0.15) is 22.9 Å². The number of hydrogen-bond donors (Lipinski definition) is 1. The van der Waals surface area contributed by atoms with Crippen molar-refractivity contribution in [2.75, 3.05) is 0 Å². The van der Waals surface area contributed by atoms with Gasteiger partial charge in [-0.3, -0.25) is 0 Å². The summed E-state index contributed by atoms with van der Waals surface area (Å²) in [5.74, 6) is 0. The van der Waals surface area contributed by atoms with Crippen molar-refractivity contribution in [1.29, 1.82) is 0 Å². The molecule has 0 aliphatic carbocycles. The van der Waals surface area contributed by atoms with Gasteiger partial charge in [0.2, 0.25) is 0 Å². The van der Waals surface area contributed by atoms with Crippen LogP contribution in [0.2, 0.25) is 10.2 Å². The molecule has 4 nitrogen and oxygen atoms in total. The molecule has 4 rings (SSSR count). The minimum atomic E-state index is -0.812. The van der Waals surface area contributed by atoms with E-state index in [0.717, 1.165) is 27.6 Å². The van der Waals surface area contributed by atoms with Gasteiger partial charge in [0, 0.05) is 18.0 Å². The van der Waals surface area contributed by atoms with Crippen LogP contribution in [0.4, 0.5) is 0 Å². The molecule has 0 spiro atoms. The van der Waals surface area contributed by atoms with Crippen LogP contribution in [-0.2, 0) is 7.05 Å². The van der Waals surface area contributed by atoms with E-state index in [1.165, 1.54) is 0 Å². The number of hydrogen-bond acceptors (Lipinski definition) is 3. The summed E-state index contributed by atoms with van der Waals surface area (Å²) in [6, 6.07) is 13.5. The van der Waals surface area contributed by atoms with E-state index in [1.807, 2.05) is 56.4 Å². The fourth-order valence-electron chi connectivity index (χ4n) is 3.31. The van der Waals surface area contributed by atoms with Crippen molar-refractivity contribution in [3.8, 4) is 11.1 Å². The number of imidazole rings is 1. The zero-order valence-electron chi connectivity index (χ0n) is 14.8.